The van der Waals surface area contributed by atoms with Crippen LogP contribution < -0.4 is 0 Å². The summed E-state index contributed by atoms with van der Waals surface area (Å²) in [6, 6.07) is 0. The maximum Gasteiger partial charge on any atom is 4.00 e. The van der Waals surface area contributed by atoms with Gasteiger partial charge in [-0.15, -0.1) is 42.7 Å². The van der Waals surface area contributed by atoms with E-state index in [0.29, 0.717) is 0 Å². The van der Waals surface area contributed by atoms with Crippen LogP contribution >= 0.6 is 0 Å². The summed E-state index contributed by atoms with van der Waals surface area (Å²) in [5.41, 5.74) is 0. The van der Waals surface area contributed by atoms with Gasteiger partial charge in [-0.1, -0.05) is 0 Å². The molecule has 0 rings (SSSR count). The summed E-state index contributed by atoms with van der Waals surface area (Å²) in [4.78, 5) is 64.0. The first-order valence-corrected chi connectivity index (χ1v) is 2.92. The van der Waals surface area contributed by atoms with E-state index in [1.807, 2.05) is 0 Å². The number of hydrogen-bond acceptors (Lipinski definition) is 24. The predicted molar refractivity (Wildman–Crippen MR) is 73.3 cm³/mol. The molecule has 0 heterocycles. The van der Waals surface area contributed by atoms with E-state index in [4.69, 9.17) is 80.9 Å². The van der Waals surface area contributed by atoms with Gasteiger partial charge in [-0.2, -0.15) is 0 Å². The van der Waals surface area contributed by atoms with Crippen molar-refractivity contribution in [3.8, 4) is 0 Å². The molecule has 0 atom stereocenters. The topological polar surface area (TPSA) is 420 Å². The van der Waals surface area contributed by atoms with Gasteiger partial charge in [-0.25, -0.2) is 0 Å². The van der Waals surface area contributed by atoms with Gasteiger partial charge in [0.2, 0.25) is 0 Å². The van der Waals surface area contributed by atoms with E-state index in [-0.39, 0.29) is 42.8 Å². The number of nitrogens with zero attached hydrogens (tertiary/aromatic N) is 8. The van der Waals surface area contributed by atoms with Crippen LogP contribution in [0, 0.1) is 80.9 Å². The first kappa shape index (κ1) is 66.4. The van der Waals surface area contributed by atoms with E-state index in [2.05, 4.69) is 0 Å². The molecule has 146 valence electrons. The molecule has 0 spiro atoms. The molecule has 0 aliphatic heterocycles. The van der Waals surface area contributed by atoms with Crippen LogP contribution in [-0.4, -0.2) is 0 Å². The van der Waals surface area contributed by atoms with Crippen molar-refractivity contribution in [1.82, 2.24) is 0 Å². The van der Waals surface area contributed by atoms with Crippen molar-refractivity contribution in [1.29, 1.82) is 0 Å². The standard InChI is InChI=1S/8HNO2.Ti.W/c8*2-1-3;;/h8*(H,2,3);;/q;;;;;;;;2*+4/p-8. The molecule has 26 heteroatoms. The van der Waals surface area contributed by atoms with Crippen molar-refractivity contribution in [2.45, 2.75) is 0 Å². The summed E-state index contributed by atoms with van der Waals surface area (Å²) in [6.07, 6.45) is 0. The number of hydrogen-bond donors (Lipinski definition) is 0. The zero-order chi connectivity index (χ0) is 21.7. The van der Waals surface area contributed by atoms with Crippen LogP contribution in [0.15, 0.2) is 42.7 Å². The molecule has 0 radical (unpaired) electrons. The molecule has 0 aromatic heterocycles. The maximum absolute atomic E-state index is 8.00. The van der Waals surface area contributed by atoms with Crippen molar-refractivity contribution in [3.05, 3.63) is 80.9 Å². The second-order valence-electron chi connectivity index (χ2n) is 0.596. The van der Waals surface area contributed by atoms with Crippen LogP contribution in [0.5, 0.6) is 0 Å². The minimum atomic E-state index is 0. The second kappa shape index (κ2) is 433. The Hall–Kier alpha value is -3.40. The molecule has 0 aromatic carbocycles. The normalized spacial score (nSPS) is 3.69. The van der Waals surface area contributed by atoms with Crippen LogP contribution in [0.3, 0.4) is 0 Å². The molecule has 0 fully saturated rings. The van der Waals surface area contributed by atoms with Crippen LogP contribution in [0.4, 0.5) is 0 Å². The molecule has 26 heavy (non-hydrogen) atoms. The molecule has 0 saturated carbocycles. The Morgan fingerprint density at radius 2 is 0.308 bits per heavy atom. The monoisotopic (exact) mass is 600 g/mol. The van der Waals surface area contributed by atoms with E-state index in [9.17, 15) is 0 Å². The van der Waals surface area contributed by atoms with E-state index in [1.54, 1.807) is 0 Å². The summed E-state index contributed by atoms with van der Waals surface area (Å²) >= 11 is 0. The molecule has 24 nitrogen and oxygen atoms in total. The SMILES string of the molecule is O=N[O-].O=N[O-].O=N[O-].O=N[O-].O=N[O-].O=N[O-].O=N[O-].O=N[O-].[Ti+4].[W+4]. The van der Waals surface area contributed by atoms with Gasteiger partial charge in [0.25, 0.3) is 0 Å². The van der Waals surface area contributed by atoms with Crippen molar-refractivity contribution < 1.29 is 42.8 Å². The third-order valence-corrected chi connectivity index (χ3v) is 0. The van der Waals surface area contributed by atoms with Gasteiger partial charge >= 0.3 is 42.8 Å². The van der Waals surface area contributed by atoms with Crippen LogP contribution in [0.1, 0.15) is 0 Å². The summed E-state index contributed by atoms with van der Waals surface area (Å²) in [6.45, 7) is 0. The van der Waals surface area contributed by atoms with E-state index in [0.717, 1.165) is 42.7 Å². The van der Waals surface area contributed by atoms with Crippen LogP contribution in [-0.2, 0) is 42.8 Å². The smallest absolute Gasteiger partial charge is 0.444 e. The average Bonchev–Trinajstić information content (AvgIpc) is 2.45. The Balaban J connectivity index is -0.0000000139. The zero-order valence-electron chi connectivity index (χ0n) is 11.0. The van der Waals surface area contributed by atoms with Crippen molar-refractivity contribution in [2.24, 2.45) is 42.7 Å². The Morgan fingerprint density at radius 1 is 0.308 bits per heavy atom. The van der Waals surface area contributed by atoms with Gasteiger partial charge in [0.1, 0.15) is 0 Å². The first-order chi connectivity index (χ1) is 11.3. The quantitative estimate of drug-likeness (QED) is 0.218. The Labute approximate surface area is 166 Å². The van der Waals surface area contributed by atoms with Crippen LogP contribution in [0.2, 0.25) is 0 Å². The fourth-order valence-corrected chi connectivity index (χ4v) is 0. The molecule has 0 aromatic rings. The van der Waals surface area contributed by atoms with Crippen molar-refractivity contribution in [2.75, 3.05) is 0 Å². The first-order valence-electron chi connectivity index (χ1n) is 2.92. The fourth-order valence-electron chi connectivity index (χ4n) is 0. The third kappa shape index (κ3) is 686. The summed E-state index contributed by atoms with van der Waals surface area (Å²) < 4.78 is 0. The Bertz CT molecular complexity index is 166. The van der Waals surface area contributed by atoms with Crippen molar-refractivity contribution >= 4 is 0 Å². The molecule has 0 amide bonds. The predicted octanol–water partition coefficient (Wildman–Crippen LogP) is 2.00. The van der Waals surface area contributed by atoms with Gasteiger partial charge < -0.3 is 80.9 Å². The van der Waals surface area contributed by atoms with Gasteiger partial charge in [-0.05, 0) is 0 Å². The van der Waals surface area contributed by atoms with Crippen LogP contribution in [0.25, 0.3) is 0 Å². The fraction of sp³-hybridized carbons (Fsp3) is 0. The molecule has 0 saturated heterocycles. The average molecular weight is 600 g/mol. The van der Waals surface area contributed by atoms with E-state index in [1.165, 1.54) is 0 Å². The summed E-state index contributed by atoms with van der Waals surface area (Å²) in [5.74, 6) is 0. The zero-order valence-corrected chi connectivity index (χ0v) is 15.5. The second-order valence-corrected chi connectivity index (χ2v) is 0.596. The molecule has 0 N–H and O–H groups in total. The van der Waals surface area contributed by atoms with Gasteiger partial charge in [0, 0.05) is 0 Å². The van der Waals surface area contributed by atoms with Gasteiger partial charge in [-0.3, -0.25) is 0 Å². The minimum absolute atomic E-state index is 0. The molecule has 0 aliphatic carbocycles. The van der Waals surface area contributed by atoms with Crippen molar-refractivity contribution in [3.63, 3.8) is 0 Å². The Kier molecular flexibility index (Phi) is 1110. The Morgan fingerprint density at radius 3 is 0.308 bits per heavy atom. The van der Waals surface area contributed by atoms with E-state index >= 15 is 0 Å². The third-order valence-electron chi connectivity index (χ3n) is 0. The van der Waals surface area contributed by atoms with E-state index < -0.39 is 0 Å². The molecule has 0 aliphatic rings. The minimum Gasteiger partial charge on any atom is -0.444 e. The number of rotatable bonds is 0. The largest absolute Gasteiger partial charge is 4.00 e. The molecular formula is N8O16TiW. The molecule has 0 bridgehead atoms. The van der Waals surface area contributed by atoms with Gasteiger partial charge in [0.05, 0.1) is 0 Å². The molecule has 0 unspecified atom stereocenters. The summed E-state index contributed by atoms with van der Waals surface area (Å²) in [5, 5.41) is 72.0. The summed E-state index contributed by atoms with van der Waals surface area (Å²) in [7, 11) is 0. The van der Waals surface area contributed by atoms with Gasteiger partial charge in [0.15, 0.2) is 0 Å². The maximum atomic E-state index is 8.00. The molecular weight excluding hydrogens is 600 g/mol.